The first-order chi connectivity index (χ1) is 9.57. The molecular formula is C14H15N3O3. The van der Waals surface area contributed by atoms with Crippen LogP contribution in [0.4, 0.5) is 0 Å². The maximum atomic E-state index is 12.1. The number of carbonyl (C=O) groups is 2. The normalized spacial score (nSPS) is 16.9. The third-order valence-corrected chi connectivity index (χ3v) is 3.59. The lowest BCUT2D eigenvalue weighted by molar-refractivity contribution is -0.145. The summed E-state index contributed by atoms with van der Waals surface area (Å²) >= 11 is 0. The third kappa shape index (κ3) is 2.77. The fraction of sp³-hybridized carbons (Fsp3) is 0.429. The highest BCUT2D eigenvalue weighted by atomic mass is 16.4. The van der Waals surface area contributed by atoms with Crippen molar-refractivity contribution in [1.82, 2.24) is 10.3 Å². The number of nitriles is 1. The van der Waals surface area contributed by atoms with Crippen LogP contribution in [0.1, 0.15) is 48.2 Å². The minimum atomic E-state index is -1.19. The Kier molecular flexibility index (Phi) is 3.99. The predicted molar refractivity (Wildman–Crippen MR) is 69.9 cm³/mol. The van der Waals surface area contributed by atoms with Gasteiger partial charge in [0.15, 0.2) is 0 Å². The highest BCUT2D eigenvalue weighted by molar-refractivity contribution is 5.96. The number of carboxylic acids is 1. The van der Waals surface area contributed by atoms with Gasteiger partial charge in [-0.3, -0.25) is 4.79 Å². The number of carbonyl (C=O) groups excluding carboxylic acids is 1. The monoisotopic (exact) mass is 273 g/mol. The Balaban J connectivity index is 2.16. The van der Waals surface area contributed by atoms with Crippen molar-refractivity contribution >= 4 is 11.9 Å². The van der Waals surface area contributed by atoms with E-state index >= 15 is 0 Å². The zero-order valence-corrected chi connectivity index (χ0v) is 10.9. The average molecular weight is 273 g/mol. The third-order valence-electron chi connectivity index (χ3n) is 3.59. The molecule has 0 saturated heterocycles. The molecule has 0 spiro atoms. The van der Waals surface area contributed by atoms with Crippen LogP contribution in [0.2, 0.25) is 0 Å². The van der Waals surface area contributed by atoms with Gasteiger partial charge in [0, 0.05) is 6.20 Å². The number of amides is 1. The molecule has 0 radical (unpaired) electrons. The molecule has 1 amide bonds. The Labute approximate surface area is 116 Å². The quantitative estimate of drug-likeness (QED) is 0.868. The van der Waals surface area contributed by atoms with Gasteiger partial charge in [0.05, 0.1) is 5.56 Å². The van der Waals surface area contributed by atoms with Gasteiger partial charge in [0.1, 0.15) is 17.3 Å². The van der Waals surface area contributed by atoms with Crippen molar-refractivity contribution in [2.75, 3.05) is 0 Å². The van der Waals surface area contributed by atoms with Gasteiger partial charge in [-0.1, -0.05) is 19.3 Å². The molecule has 0 unspecified atom stereocenters. The molecular weight excluding hydrogens is 258 g/mol. The molecule has 1 aromatic heterocycles. The second-order valence-electron chi connectivity index (χ2n) is 4.95. The Bertz CT molecular complexity index is 554. The summed E-state index contributed by atoms with van der Waals surface area (Å²) in [6, 6.07) is 4.82. The zero-order chi connectivity index (χ0) is 14.6. The summed E-state index contributed by atoms with van der Waals surface area (Å²) in [7, 11) is 0. The SMILES string of the molecule is N#Cc1ccc(C(=O)NC2(C(=O)O)CCCCC2)nc1. The van der Waals surface area contributed by atoms with Gasteiger partial charge in [-0.25, -0.2) is 9.78 Å². The molecule has 1 saturated carbocycles. The fourth-order valence-corrected chi connectivity index (χ4v) is 2.42. The zero-order valence-electron chi connectivity index (χ0n) is 10.9. The summed E-state index contributed by atoms with van der Waals surface area (Å²) in [5, 5.41) is 20.7. The molecule has 1 aliphatic rings. The average Bonchev–Trinajstić information content (AvgIpc) is 2.48. The van der Waals surface area contributed by atoms with Crippen LogP contribution in [0.15, 0.2) is 18.3 Å². The second kappa shape index (κ2) is 5.70. The summed E-state index contributed by atoms with van der Waals surface area (Å²) in [5.74, 6) is -1.52. The van der Waals surface area contributed by atoms with E-state index in [4.69, 9.17) is 5.26 Å². The van der Waals surface area contributed by atoms with Crippen molar-refractivity contribution in [1.29, 1.82) is 5.26 Å². The number of aliphatic carboxylic acids is 1. The first-order valence-corrected chi connectivity index (χ1v) is 6.49. The Morgan fingerprint density at radius 3 is 2.50 bits per heavy atom. The predicted octanol–water partition coefficient (Wildman–Crippen LogP) is 1.47. The van der Waals surface area contributed by atoms with Crippen molar-refractivity contribution in [3.8, 4) is 6.07 Å². The number of nitrogens with zero attached hydrogens (tertiary/aromatic N) is 2. The summed E-state index contributed by atoms with van der Waals surface area (Å²) < 4.78 is 0. The van der Waals surface area contributed by atoms with Gasteiger partial charge in [0.25, 0.3) is 5.91 Å². The van der Waals surface area contributed by atoms with Gasteiger partial charge in [-0.15, -0.1) is 0 Å². The van der Waals surface area contributed by atoms with E-state index in [-0.39, 0.29) is 5.69 Å². The fourth-order valence-electron chi connectivity index (χ4n) is 2.42. The highest BCUT2D eigenvalue weighted by Crippen LogP contribution is 2.28. The second-order valence-corrected chi connectivity index (χ2v) is 4.95. The summed E-state index contributed by atoms with van der Waals surface area (Å²) in [6.45, 7) is 0. The highest BCUT2D eigenvalue weighted by Gasteiger charge is 2.41. The number of aromatic nitrogens is 1. The van der Waals surface area contributed by atoms with E-state index < -0.39 is 17.4 Å². The van der Waals surface area contributed by atoms with E-state index in [0.29, 0.717) is 18.4 Å². The van der Waals surface area contributed by atoms with Gasteiger partial charge in [-0.2, -0.15) is 5.26 Å². The number of nitrogens with one attached hydrogen (secondary N) is 1. The molecule has 2 N–H and O–H groups in total. The van der Waals surface area contributed by atoms with Crippen LogP contribution in [0.25, 0.3) is 0 Å². The van der Waals surface area contributed by atoms with E-state index in [9.17, 15) is 14.7 Å². The van der Waals surface area contributed by atoms with E-state index in [0.717, 1.165) is 19.3 Å². The Hall–Kier alpha value is -2.42. The Morgan fingerprint density at radius 1 is 1.30 bits per heavy atom. The van der Waals surface area contributed by atoms with Crippen molar-refractivity contribution in [3.63, 3.8) is 0 Å². The maximum absolute atomic E-state index is 12.1. The van der Waals surface area contributed by atoms with Crippen LogP contribution in [0.3, 0.4) is 0 Å². The van der Waals surface area contributed by atoms with E-state index in [1.165, 1.54) is 18.3 Å². The van der Waals surface area contributed by atoms with Crippen molar-refractivity contribution in [2.45, 2.75) is 37.6 Å². The molecule has 1 fully saturated rings. The van der Waals surface area contributed by atoms with Gasteiger partial charge < -0.3 is 10.4 Å². The number of pyridine rings is 1. The van der Waals surface area contributed by atoms with E-state index in [1.54, 1.807) is 0 Å². The molecule has 1 aromatic rings. The first-order valence-electron chi connectivity index (χ1n) is 6.49. The van der Waals surface area contributed by atoms with Crippen LogP contribution in [0.5, 0.6) is 0 Å². The maximum Gasteiger partial charge on any atom is 0.329 e. The van der Waals surface area contributed by atoms with Crippen LogP contribution < -0.4 is 5.32 Å². The van der Waals surface area contributed by atoms with E-state index in [1.807, 2.05) is 6.07 Å². The molecule has 104 valence electrons. The smallest absolute Gasteiger partial charge is 0.329 e. The first kappa shape index (κ1) is 14.0. The Morgan fingerprint density at radius 2 is 2.00 bits per heavy atom. The van der Waals surface area contributed by atoms with Crippen molar-refractivity contribution < 1.29 is 14.7 Å². The lowest BCUT2D eigenvalue weighted by atomic mass is 9.81. The lowest BCUT2D eigenvalue weighted by Crippen LogP contribution is -2.55. The summed E-state index contributed by atoms with van der Waals surface area (Å²) in [4.78, 5) is 27.4. The van der Waals surface area contributed by atoms with Gasteiger partial charge in [0.2, 0.25) is 0 Å². The van der Waals surface area contributed by atoms with Crippen LogP contribution in [-0.2, 0) is 4.79 Å². The summed E-state index contributed by atoms with van der Waals surface area (Å²) in [6.07, 6.45) is 4.72. The van der Waals surface area contributed by atoms with Crippen molar-refractivity contribution in [2.24, 2.45) is 0 Å². The topological polar surface area (TPSA) is 103 Å². The molecule has 1 aliphatic carbocycles. The summed E-state index contributed by atoms with van der Waals surface area (Å²) in [5.41, 5.74) is -0.715. The molecule has 2 rings (SSSR count). The minimum Gasteiger partial charge on any atom is -0.480 e. The van der Waals surface area contributed by atoms with Crippen molar-refractivity contribution in [3.05, 3.63) is 29.6 Å². The number of hydrogen-bond acceptors (Lipinski definition) is 4. The van der Waals surface area contributed by atoms with E-state index in [2.05, 4.69) is 10.3 Å². The molecule has 0 atom stereocenters. The number of rotatable bonds is 3. The molecule has 0 bridgehead atoms. The number of carboxylic acid groups (broad SMARTS) is 1. The van der Waals surface area contributed by atoms with Gasteiger partial charge >= 0.3 is 5.97 Å². The van der Waals surface area contributed by atoms with Crippen LogP contribution >= 0.6 is 0 Å². The molecule has 20 heavy (non-hydrogen) atoms. The molecule has 6 nitrogen and oxygen atoms in total. The van der Waals surface area contributed by atoms with Crippen LogP contribution in [0, 0.1) is 11.3 Å². The number of hydrogen-bond donors (Lipinski definition) is 2. The molecule has 0 aliphatic heterocycles. The minimum absolute atomic E-state index is 0.121. The van der Waals surface area contributed by atoms with Crippen LogP contribution in [-0.4, -0.2) is 27.5 Å². The van der Waals surface area contributed by atoms with Gasteiger partial charge in [-0.05, 0) is 25.0 Å². The largest absolute Gasteiger partial charge is 0.480 e. The molecule has 6 heteroatoms. The molecule has 0 aromatic carbocycles. The standard InChI is InChI=1S/C14H15N3O3/c15-8-10-4-5-11(16-9-10)12(18)17-14(13(19)20)6-2-1-3-7-14/h4-5,9H,1-3,6-7H2,(H,17,18)(H,19,20). The lowest BCUT2D eigenvalue weighted by Gasteiger charge is -2.33. The molecule has 1 heterocycles.